The van der Waals surface area contributed by atoms with Crippen LogP contribution in [0.5, 0.6) is 0 Å². The van der Waals surface area contributed by atoms with Gasteiger partial charge in [0.15, 0.2) is 0 Å². The number of carbonyl (C=O) groups excluding carboxylic acids is 2. The maximum Gasteiger partial charge on any atom is 0.412 e. The minimum absolute atomic E-state index is 0.208. The van der Waals surface area contributed by atoms with Crippen LogP contribution in [0.1, 0.15) is 73.6 Å². The van der Waals surface area contributed by atoms with Gasteiger partial charge in [-0.3, -0.25) is 10.1 Å². The zero-order valence-electron chi connectivity index (χ0n) is 23.3. The number of piperidine rings is 1. The third-order valence-corrected chi connectivity index (χ3v) is 7.46. The largest absolute Gasteiger partial charge is 0.444 e. The number of aryl methyl sites for hydroxylation is 1. The number of anilines is 1. The van der Waals surface area contributed by atoms with Gasteiger partial charge in [-0.25, -0.2) is 4.79 Å². The molecule has 0 saturated carbocycles. The predicted molar refractivity (Wildman–Crippen MR) is 159 cm³/mol. The van der Waals surface area contributed by atoms with E-state index in [-0.39, 0.29) is 11.9 Å². The minimum Gasteiger partial charge on any atom is -0.444 e. The fourth-order valence-corrected chi connectivity index (χ4v) is 5.20. The van der Waals surface area contributed by atoms with E-state index < -0.39 is 11.7 Å². The van der Waals surface area contributed by atoms with Crippen molar-refractivity contribution >= 4 is 29.0 Å². The molecule has 1 fully saturated rings. The Bertz CT molecular complexity index is 1370. The number of ether oxygens (including phenoxy) is 1. The minimum atomic E-state index is -0.610. The third-order valence-electron chi connectivity index (χ3n) is 6.56. The normalized spacial score (nSPS) is 14.6. The number of amides is 2. The van der Waals surface area contributed by atoms with Gasteiger partial charge in [0.25, 0.3) is 5.91 Å². The highest BCUT2D eigenvalue weighted by Crippen LogP contribution is 2.31. The molecule has 0 bridgehead atoms. The Hall–Kier alpha value is -3.60. The van der Waals surface area contributed by atoms with Gasteiger partial charge in [0.1, 0.15) is 5.60 Å². The van der Waals surface area contributed by atoms with E-state index in [4.69, 9.17) is 4.74 Å². The molecule has 1 aliphatic heterocycles. The smallest absolute Gasteiger partial charge is 0.412 e. The van der Waals surface area contributed by atoms with Gasteiger partial charge in [-0.1, -0.05) is 30.0 Å². The van der Waals surface area contributed by atoms with Gasteiger partial charge in [-0.2, -0.15) is 0 Å². The molecule has 1 aromatic heterocycles. The molecule has 3 N–H and O–H groups in total. The monoisotopic (exact) mass is 543 g/mol. The molecule has 1 unspecified atom stereocenters. The second-order valence-corrected chi connectivity index (χ2v) is 11.9. The molecule has 1 atom stereocenters. The summed E-state index contributed by atoms with van der Waals surface area (Å²) in [5, 5.41) is 11.3. The Kier molecular flexibility index (Phi) is 9.11. The molecule has 3 aromatic rings. The van der Waals surface area contributed by atoms with Gasteiger partial charge in [0.05, 0.1) is 6.04 Å². The second kappa shape index (κ2) is 12.5. The molecule has 6 nitrogen and oxygen atoms in total. The summed E-state index contributed by atoms with van der Waals surface area (Å²) >= 11 is 1.68. The van der Waals surface area contributed by atoms with Crippen LogP contribution in [0.25, 0.3) is 10.4 Å². The van der Waals surface area contributed by atoms with Crippen LogP contribution < -0.4 is 16.0 Å². The maximum absolute atomic E-state index is 13.3. The van der Waals surface area contributed by atoms with Gasteiger partial charge in [0.2, 0.25) is 0 Å². The van der Waals surface area contributed by atoms with Gasteiger partial charge >= 0.3 is 6.09 Å². The first-order valence-electron chi connectivity index (χ1n) is 13.4. The van der Waals surface area contributed by atoms with Crippen LogP contribution in [0, 0.1) is 24.7 Å². The molecule has 4 rings (SSSR count). The van der Waals surface area contributed by atoms with Gasteiger partial charge in [0, 0.05) is 33.2 Å². The van der Waals surface area contributed by atoms with Crippen LogP contribution in [-0.2, 0) is 4.74 Å². The topological polar surface area (TPSA) is 79.5 Å². The Morgan fingerprint density at radius 2 is 1.87 bits per heavy atom. The lowest BCUT2D eigenvalue weighted by molar-refractivity contribution is 0.0635. The van der Waals surface area contributed by atoms with Crippen molar-refractivity contribution in [2.24, 2.45) is 5.92 Å². The van der Waals surface area contributed by atoms with Crippen LogP contribution in [0.4, 0.5) is 10.5 Å². The van der Waals surface area contributed by atoms with E-state index in [1.807, 2.05) is 32.0 Å². The molecule has 1 aliphatic rings. The molecule has 0 spiro atoms. The van der Waals surface area contributed by atoms with E-state index in [2.05, 4.69) is 51.4 Å². The number of hydrogen-bond acceptors (Lipinski definition) is 5. The lowest BCUT2D eigenvalue weighted by Crippen LogP contribution is -2.28. The van der Waals surface area contributed by atoms with Crippen molar-refractivity contribution in [1.29, 1.82) is 0 Å². The summed E-state index contributed by atoms with van der Waals surface area (Å²) in [6.45, 7) is 11.3. The van der Waals surface area contributed by atoms with Crippen molar-refractivity contribution in [3.8, 4) is 22.3 Å². The standard InChI is InChI=1S/C32H37N3O3S/c1-21-8-13-26(35-31(37)38-32(3,4)5)20-27(21)30(36)34-22(2)25-12-11-24(10-9-23-14-16-33-17-15-23)28(19-25)29-7-6-18-39-29/h6-8,11-13,18-20,22-23,33H,14-17H2,1-5H3,(H,34,36)(H,35,37). The Labute approximate surface area is 235 Å². The molecule has 1 saturated heterocycles. The summed E-state index contributed by atoms with van der Waals surface area (Å²) in [6, 6.07) is 15.4. The zero-order valence-corrected chi connectivity index (χ0v) is 24.1. The third kappa shape index (κ3) is 7.95. The fourth-order valence-electron chi connectivity index (χ4n) is 4.45. The molecular weight excluding hydrogens is 506 g/mol. The van der Waals surface area contributed by atoms with Gasteiger partial charge in [-0.05, 0) is 107 Å². The summed E-state index contributed by atoms with van der Waals surface area (Å²) in [4.78, 5) is 26.7. The number of carbonyl (C=O) groups is 2. The van der Waals surface area contributed by atoms with Crippen LogP contribution in [0.15, 0.2) is 53.9 Å². The number of nitrogens with one attached hydrogen (secondary N) is 3. The first-order chi connectivity index (χ1) is 18.6. The first kappa shape index (κ1) is 28.4. The average Bonchev–Trinajstić information content (AvgIpc) is 3.43. The van der Waals surface area contributed by atoms with E-state index in [1.165, 1.54) is 0 Å². The lowest BCUT2D eigenvalue weighted by atomic mass is 9.96. The van der Waals surface area contributed by atoms with Crippen LogP contribution in [0.2, 0.25) is 0 Å². The Morgan fingerprint density at radius 1 is 1.10 bits per heavy atom. The van der Waals surface area contributed by atoms with Crippen LogP contribution in [-0.4, -0.2) is 30.7 Å². The number of benzene rings is 2. The highest BCUT2D eigenvalue weighted by Gasteiger charge is 2.19. The average molecular weight is 544 g/mol. The Balaban J connectivity index is 1.52. The number of rotatable bonds is 5. The highest BCUT2D eigenvalue weighted by atomic mass is 32.1. The van der Waals surface area contributed by atoms with Gasteiger partial charge < -0.3 is 15.4 Å². The van der Waals surface area contributed by atoms with Gasteiger partial charge in [-0.15, -0.1) is 11.3 Å². The second-order valence-electron chi connectivity index (χ2n) is 10.9. The number of thiophene rings is 1. The molecule has 204 valence electrons. The van der Waals surface area contributed by atoms with E-state index in [9.17, 15) is 9.59 Å². The van der Waals surface area contributed by atoms with E-state index in [0.717, 1.165) is 53.1 Å². The van der Waals surface area contributed by atoms with Crippen molar-refractivity contribution in [1.82, 2.24) is 10.6 Å². The summed E-state index contributed by atoms with van der Waals surface area (Å²) in [6.07, 6.45) is 1.60. The van der Waals surface area contributed by atoms with E-state index >= 15 is 0 Å². The summed E-state index contributed by atoms with van der Waals surface area (Å²) in [5.41, 5.74) is 4.31. The highest BCUT2D eigenvalue weighted by molar-refractivity contribution is 7.13. The van der Waals surface area contributed by atoms with Crippen LogP contribution in [0.3, 0.4) is 0 Å². The first-order valence-corrected chi connectivity index (χ1v) is 14.3. The van der Waals surface area contributed by atoms with Crippen molar-refractivity contribution in [3.05, 3.63) is 76.2 Å². The molecule has 2 aromatic carbocycles. The zero-order chi connectivity index (χ0) is 28.0. The fraction of sp³-hybridized carbons (Fsp3) is 0.375. The summed E-state index contributed by atoms with van der Waals surface area (Å²) < 4.78 is 5.34. The lowest BCUT2D eigenvalue weighted by Gasteiger charge is -2.20. The maximum atomic E-state index is 13.3. The molecule has 39 heavy (non-hydrogen) atoms. The van der Waals surface area contributed by atoms with Crippen molar-refractivity contribution in [2.45, 2.75) is 59.1 Å². The molecule has 2 amide bonds. The van der Waals surface area contributed by atoms with Crippen molar-refractivity contribution in [3.63, 3.8) is 0 Å². The van der Waals surface area contributed by atoms with Crippen LogP contribution >= 0.6 is 11.3 Å². The van der Waals surface area contributed by atoms with Crippen molar-refractivity contribution < 1.29 is 14.3 Å². The predicted octanol–water partition coefficient (Wildman–Crippen LogP) is 6.91. The Morgan fingerprint density at radius 3 is 2.56 bits per heavy atom. The molecule has 0 radical (unpaired) electrons. The van der Waals surface area contributed by atoms with E-state index in [0.29, 0.717) is 17.2 Å². The molecular formula is C32H37N3O3S. The van der Waals surface area contributed by atoms with Crippen molar-refractivity contribution in [2.75, 3.05) is 18.4 Å². The molecule has 0 aliphatic carbocycles. The quantitative estimate of drug-likeness (QED) is 0.306. The SMILES string of the molecule is Cc1ccc(NC(=O)OC(C)(C)C)cc1C(=O)NC(C)c1ccc(C#CC2CCNCC2)c(-c2cccs2)c1. The molecule has 2 heterocycles. The molecule has 7 heteroatoms. The summed E-state index contributed by atoms with van der Waals surface area (Å²) in [7, 11) is 0. The summed E-state index contributed by atoms with van der Waals surface area (Å²) in [5.74, 6) is 7.14. The number of hydrogen-bond donors (Lipinski definition) is 3. The van der Waals surface area contributed by atoms with E-state index in [1.54, 1.807) is 44.2 Å².